The molecule has 1 unspecified atom stereocenters. The summed E-state index contributed by atoms with van der Waals surface area (Å²) in [5, 5.41) is 0. The summed E-state index contributed by atoms with van der Waals surface area (Å²) >= 11 is 0. The summed E-state index contributed by atoms with van der Waals surface area (Å²) in [6.07, 6.45) is 91.6. The summed E-state index contributed by atoms with van der Waals surface area (Å²) in [4.78, 5) is 38.5. The van der Waals surface area contributed by atoms with Gasteiger partial charge in [-0.15, -0.1) is 0 Å². The van der Waals surface area contributed by atoms with Gasteiger partial charge in [0.2, 0.25) is 0 Å². The quantitative estimate of drug-likeness (QED) is 0.0261. The fourth-order valence-electron chi connectivity index (χ4n) is 11.2. The summed E-state index contributed by atoms with van der Waals surface area (Å²) in [5.74, 6) is -0.859. The van der Waals surface area contributed by atoms with Gasteiger partial charge in [0.25, 0.3) is 0 Å². The molecule has 0 rings (SSSR count). The third-order valence-corrected chi connectivity index (χ3v) is 16.8. The summed E-state index contributed by atoms with van der Waals surface area (Å²) < 4.78 is 17.0. The second-order valence-electron chi connectivity index (χ2n) is 25.2. The Morgan fingerprint density at radius 2 is 0.434 bits per heavy atom. The Hall–Kier alpha value is -2.63. The maximum absolute atomic E-state index is 13.0. The molecule has 0 spiro atoms. The van der Waals surface area contributed by atoms with Crippen LogP contribution in [0.1, 0.15) is 406 Å². The molecule has 1 atom stereocenters. The van der Waals surface area contributed by atoms with E-state index in [2.05, 4.69) is 69.4 Å². The highest BCUT2D eigenvalue weighted by Gasteiger charge is 2.19. The number of carbonyl (C=O) groups excluding carboxylic acids is 3. The number of hydrogen-bond acceptors (Lipinski definition) is 6. The summed E-state index contributed by atoms with van der Waals surface area (Å²) in [6, 6.07) is 0. The van der Waals surface area contributed by atoms with E-state index in [-0.39, 0.29) is 31.1 Å². The van der Waals surface area contributed by atoms with Crippen molar-refractivity contribution in [3.8, 4) is 0 Å². The number of unbranched alkanes of at least 4 members (excludes halogenated alkanes) is 50. The molecule has 0 aliphatic heterocycles. The van der Waals surface area contributed by atoms with Gasteiger partial charge in [-0.2, -0.15) is 0 Å². The monoisotopic (exact) mass is 1160 g/mol. The first-order chi connectivity index (χ1) is 41.0. The third kappa shape index (κ3) is 70.0. The highest BCUT2D eigenvalue weighted by molar-refractivity contribution is 5.71. The Kier molecular flexibility index (Phi) is 69.6. The molecule has 6 nitrogen and oxygen atoms in total. The van der Waals surface area contributed by atoms with Crippen molar-refractivity contribution in [2.24, 2.45) is 0 Å². The summed E-state index contributed by atoms with van der Waals surface area (Å²) in [6.45, 7) is 6.67. The fraction of sp³-hybridized carbons (Fsp3) is 0.857. The van der Waals surface area contributed by atoms with E-state index in [0.717, 1.165) is 70.6 Å². The molecule has 6 heteroatoms. The SMILES string of the molecule is CCCCC/C=C\C/C=C\CCCCCCCCCCCC(=O)OC(COC(=O)CCCCCCC/C=C\CCCCCCCC)COC(=O)CCCCCCCCCCCCCCCCCCCCC/C=C\CCCCCCCCCC. The molecule has 0 aliphatic rings. The molecule has 0 aromatic heterocycles. The number of carbonyl (C=O) groups is 3. The Bertz CT molecular complexity index is 1430. The molecule has 0 saturated carbocycles. The van der Waals surface area contributed by atoms with Crippen LogP contribution in [0, 0.1) is 0 Å². The number of hydrogen-bond donors (Lipinski definition) is 0. The second kappa shape index (κ2) is 71.8. The van der Waals surface area contributed by atoms with Crippen molar-refractivity contribution in [1.82, 2.24) is 0 Å². The summed E-state index contributed by atoms with van der Waals surface area (Å²) in [5.41, 5.74) is 0. The lowest BCUT2D eigenvalue weighted by atomic mass is 10.0. The highest BCUT2D eigenvalue weighted by atomic mass is 16.6. The maximum atomic E-state index is 13.0. The van der Waals surface area contributed by atoms with Gasteiger partial charge in [-0.25, -0.2) is 0 Å². The minimum absolute atomic E-state index is 0.0733. The van der Waals surface area contributed by atoms with Crippen molar-refractivity contribution in [3.05, 3.63) is 48.6 Å². The van der Waals surface area contributed by atoms with Crippen molar-refractivity contribution < 1.29 is 28.6 Å². The second-order valence-corrected chi connectivity index (χ2v) is 25.2. The van der Waals surface area contributed by atoms with Gasteiger partial charge in [-0.3, -0.25) is 14.4 Å². The molecule has 486 valence electrons. The predicted octanol–water partition coefficient (Wildman–Crippen LogP) is 25.7. The number of esters is 3. The summed E-state index contributed by atoms with van der Waals surface area (Å²) in [7, 11) is 0. The zero-order chi connectivity index (χ0) is 59.9. The van der Waals surface area contributed by atoms with Gasteiger partial charge in [-0.05, 0) is 103 Å². The smallest absolute Gasteiger partial charge is 0.306 e. The average Bonchev–Trinajstić information content (AvgIpc) is 3.49. The molecule has 0 fully saturated rings. The zero-order valence-corrected chi connectivity index (χ0v) is 56.0. The van der Waals surface area contributed by atoms with Crippen molar-refractivity contribution >= 4 is 17.9 Å². The van der Waals surface area contributed by atoms with Gasteiger partial charge in [0.15, 0.2) is 6.10 Å². The van der Waals surface area contributed by atoms with Crippen LogP contribution in [0.25, 0.3) is 0 Å². The normalized spacial score (nSPS) is 12.3. The van der Waals surface area contributed by atoms with Crippen LogP contribution in [0.4, 0.5) is 0 Å². The van der Waals surface area contributed by atoms with Crippen LogP contribution in [-0.2, 0) is 28.6 Å². The van der Waals surface area contributed by atoms with E-state index in [4.69, 9.17) is 14.2 Å². The molecule has 0 bridgehead atoms. The molecule has 0 aliphatic carbocycles. The zero-order valence-electron chi connectivity index (χ0n) is 56.0. The van der Waals surface area contributed by atoms with Crippen molar-refractivity contribution in [1.29, 1.82) is 0 Å². The lowest BCUT2D eigenvalue weighted by Crippen LogP contribution is -2.30. The molecule has 0 amide bonds. The number of ether oxygens (including phenoxy) is 3. The van der Waals surface area contributed by atoms with Gasteiger partial charge >= 0.3 is 17.9 Å². The standard InChI is InChI=1S/C77H142O6/c1-4-7-10-13-16-19-22-25-28-30-32-33-34-35-36-37-38-39-40-41-42-43-45-46-49-52-55-58-61-64-67-70-76(79)82-73-74(72-81-75(78)69-66-63-60-57-54-51-48-27-24-21-18-15-12-9-6-3)83-77(80)71-68-65-62-59-56-53-50-47-44-31-29-26-23-20-17-14-11-8-5-2/h17,20,26-27,29-30,32,48,74H,4-16,18-19,21-25,28,31,33-47,49-73H2,1-3H3/b20-17-,29-26-,32-30-,48-27-. The molecule has 0 radical (unpaired) electrons. The predicted molar refractivity (Wildman–Crippen MR) is 362 cm³/mol. The van der Waals surface area contributed by atoms with E-state index in [0.29, 0.717) is 19.3 Å². The largest absolute Gasteiger partial charge is 0.462 e. The molecule has 0 saturated heterocycles. The molecule has 0 N–H and O–H groups in total. The van der Waals surface area contributed by atoms with Gasteiger partial charge < -0.3 is 14.2 Å². The van der Waals surface area contributed by atoms with Crippen LogP contribution in [0.3, 0.4) is 0 Å². The maximum Gasteiger partial charge on any atom is 0.306 e. The van der Waals surface area contributed by atoms with E-state index >= 15 is 0 Å². The van der Waals surface area contributed by atoms with Crippen molar-refractivity contribution in [2.75, 3.05) is 13.2 Å². The molecular weight excluding hydrogens is 1020 g/mol. The molecule has 0 aromatic carbocycles. The van der Waals surface area contributed by atoms with E-state index in [1.165, 1.54) is 295 Å². The minimum Gasteiger partial charge on any atom is -0.462 e. The third-order valence-electron chi connectivity index (χ3n) is 16.8. The van der Waals surface area contributed by atoms with Gasteiger partial charge in [0.1, 0.15) is 13.2 Å². The highest BCUT2D eigenvalue weighted by Crippen LogP contribution is 2.18. The van der Waals surface area contributed by atoms with Crippen LogP contribution >= 0.6 is 0 Å². The Morgan fingerprint density at radius 1 is 0.241 bits per heavy atom. The van der Waals surface area contributed by atoms with E-state index in [1.807, 2.05) is 0 Å². The molecular formula is C77H142O6. The van der Waals surface area contributed by atoms with Crippen molar-refractivity contribution in [3.63, 3.8) is 0 Å². The molecule has 83 heavy (non-hydrogen) atoms. The topological polar surface area (TPSA) is 78.9 Å². The average molecular weight is 1160 g/mol. The Balaban J connectivity index is 4.19. The Labute approximate surface area is 518 Å². The first-order valence-corrected chi connectivity index (χ1v) is 37.1. The molecule has 0 heterocycles. The lowest BCUT2D eigenvalue weighted by Gasteiger charge is -2.18. The van der Waals surface area contributed by atoms with Gasteiger partial charge in [0, 0.05) is 19.3 Å². The van der Waals surface area contributed by atoms with Crippen molar-refractivity contribution in [2.45, 2.75) is 412 Å². The van der Waals surface area contributed by atoms with Crippen LogP contribution in [0.2, 0.25) is 0 Å². The van der Waals surface area contributed by atoms with Crippen LogP contribution in [0.5, 0.6) is 0 Å². The van der Waals surface area contributed by atoms with E-state index < -0.39 is 6.10 Å². The van der Waals surface area contributed by atoms with E-state index in [1.54, 1.807) is 0 Å². The molecule has 0 aromatic rings. The first-order valence-electron chi connectivity index (χ1n) is 37.1. The van der Waals surface area contributed by atoms with Crippen LogP contribution in [0.15, 0.2) is 48.6 Å². The minimum atomic E-state index is -0.779. The number of allylic oxidation sites excluding steroid dienone is 8. The Morgan fingerprint density at radius 3 is 0.699 bits per heavy atom. The lowest BCUT2D eigenvalue weighted by molar-refractivity contribution is -0.167. The number of rotatable bonds is 69. The van der Waals surface area contributed by atoms with Crippen LogP contribution in [-0.4, -0.2) is 37.2 Å². The van der Waals surface area contributed by atoms with E-state index in [9.17, 15) is 14.4 Å². The fourth-order valence-corrected chi connectivity index (χ4v) is 11.2. The first kappa shape index (κ1) is 80.4. The van der Waals surface area contributed by atoms with Crippen LogP contribution < -0.4 is 0 Å². The van der Waals surface area contributed by atoms with Gasteiger partial charge in [0.05, 0.1) is 0 Å². The van der Waals surface area contributed by atoms with Gasteiger partial charge in [-0.1, -0.05) is 333 Å².